The first-order valence-corrected chi connectivity index (χ1v) is 7.72. The molecule has 0 radical (unpaired) electrons. The molecule has 1 unspecified atom stereocenters. The predicted octanol–water partition coefficient (Wildman–Crippen LogP) is 1.32. The van der Waals surface area contributed by atoms with Gasteiger partial charge in [-0.05, 0) is 26.2 Å². The molecule has 1 atom stereocenters. The summed E-state index contributed by atoms with van der Waals surface area (Å²) in [4.78, 5) is 9.40. The fraction of sp³-hybridized carbons (Fsp3) is 0.533. The Hall–Kier alpha value is -1.14. The van der Waals surface area contributed by atoms with Gasteiger partial charge in [0.2, 0.25) is 0 Å². The van der Waals surface area contributed by atoms with E-state index in [-0.39, 0.29) is 0 Å². The Morgan fingerprint density at radius 2 is 2.14 bits per heavy atom. The summed E-state index contributed by atoms with van der Waals surface area (Å²) >= 11 is 5.99. The van der Waals surface area contributed by atoms with E-state index in [0.717, 1.165) is 49.1 Å². The summed E-state index contributed by atoms with van der Waals surface area (Å²) in [5, 5.41) is 4.25. The Morgan fingerprint density at radius 1 is 1.29 bits per heavy atom. The quantitative estimate of drug-likeness (QED) is 0.924. The minimum absolute atomic E-state index is 0.565. The number of aromatic nitrogens is 2. The van der Waals surface area contributed by atoms with Crippen LogP contribution in [0, 0.1) is 0 Å². The molecule has 1 fully saturated rings. The summed E-state index contributed by atoms with van der Waals surface area (Å²) in [7, 11) is 4.39. The molecule has 6 heteroatoms. The molecule has 0 bridgehead atoms. The van der Waals surface area contributed by atoms with Crippen LogP contribution < -0.4 is 5.32 Å². The molecule has 2 aromatic rings. The molecule has 2 aromatic heterocycles. The third kappa shape index (κ3) is 3.55. The van der Waals surface area contributed by atoms with Gasteiger partial charge in [0.25, 0.3) is 0 Å². The summed E-state index contributed by atoms with van der Waals surface area (Å²) in [6.07, 6.45) is 3.92. The lowest BCUT2D eigenvalue weighted by Gasteiger charge is -2.37. The van der Waals surface area contributed by atoms with Crippen molar-refractivity contribution in [2.45, 2.75) is 12.6 Å². The van der Waals surface area contributed by atoms with Crippen LogP contribution in [0.2, 0.25) is 5.02 Å². The lowest BCUT2D eigenvalue weighted by Crippen LogP contribution is -2.53. The van der Waals surface area contributed by atoms with Crippen molar-refractivity contribution in [3.63, 3.8) is 0 Å². The molecule has 0 amide bonds. The van der Waals surface area contributed by atoms with E-state index in [4.69, 9.17) is 11.6 Å². The molecule has 1 saturated heterocycles. The molecule has 0 aliphatic carbocycles. The maximum atomic E-state index is 5.99. The normalized spacial score (nSPS) is 21.2. The van der Waals surface area contributed by atoms with Gasteiger partial charge in [-0.25, -0.2) is 4.98 Å². The number of pyridine rings is 1. The van der Waals surface area contributed by atoms with E-state index in [1.165, 1.54) is 0 Å². The van der Waals surface area contributed by atoms with Crippen LogP contribution in [0.1, 0.15) is 5.69 Å². The Kier molecular flexibility index (Phi) is 4.45. The van der Waals surface area contributed by atoms with Crippen LogP contribution in [-0.2, 0) is 6.54 Å². The average Bonchev–Trinajstić information content (AvgIpc) is 2.84. The highest BCUT2D eigenvalue weighted by molar-refractivity contribution is 6.30. The van der Waals surface area contributed by atoms with Crippen LogP contribution in [0.25, 0.3) is 5.65 Å². The van der Waals surface area contributed by atoms with Crippen molar-refractivity contribution in [2.75, 3.05) is 40.3 Å². The molecule has 0 saturated carbocycles. The van der Waals surface area contributed by atoms with Gasteiger partial charge in [-0.1, -0.05) is 11.6 Å². The number of nitrogens with zero attached hydrogens (tertiary/aromatic N) is 4. The van der Waals surface area contributed by atoms with E-state index in [1.807, 2.05) is 28.9 Å². The van der Waals surface area contributed by atoms with Gasteiger partial charge in [0.15, 0.2) is 0 Å². The number of likely N-dealkylation sites (N-methyl/N-ethyl adjacent to an activating group) is 2. The highest BCUT2D eigenvalue weighted by Gasteiger charge is 2.21. The number of hydrogen-bond donors (Lipinski definition) is 1. The zero-order valence-corrected chi connectivity index (χ0v) is 13.3. The Bertz CT molecular complexity index is 611. The number of rotatable bonds is 4. The maximum absolute atomic E-state index is 5.99. The lowest BCUT2D eigenvalue weighted by molar-refractivity contribution is 0.113. The summed E-state index contributed by atoms with van der Waals surface area (Å²) in [6, 6.07) is 4.37. The van der Waals surface area contributed by atoms with E-state index in [0.29, 0.717) is 6.04 Å². The van der Waals surface area contributed by atoms with Crippen molar-refractivity contribution in [3.05, 3.63) is 35.2 Å². The third-order valence-corrected chi connectivity index (χ3v) is 4.35. The molecule has 3 rings (SSSR count). The minimum Gasteiger partial charge on any atom is -0.309 e. The summed E-state index contributed by atoms with van der Waals surface area (Å²) in [5.41, 5.74) is 1.98. The second-order valence-electron chi connectivity index (χ2n) is 5.87. The Morgan fingerprint density at radius 3 is 3.00 bits per heavy atom. The summed E-state index contributed by atoms with van der Waals surface area (Å²) < 4.78 is 1.97. The van der Waals surface area contributed by atoms with Crippen LogP contribution in [0.4, 0.5) is 0 Å². The van der Waals surface area contributed by atoms with Crippen molar-refractivity contribution in [1.29, 1.82) is 0 Å². The molecular formula is C15H22ClN5. The second-order valence-corrected chi connectivity index (χ2v) is 6.31. The van der Waals surface area contributed by atoms with Crippen LogP contribution in [0.3, 0.4) is 0 Å². The number of fused-ring (bicyclic) bond motifs is 1. The Balaban J connectivity index is 1.56. The highest BCUT2D eigenvalue weighted by Crippen LogP contribution is 2.12. The highest BCUT2D eigenvalue weighted by atomic mass is 35.5. The first kappa shape index (κ1) is 14.8. The maximum Gasteiger partial charge on any atom is 0.137 e. The first-order chi connectivity index (χ1) is 10.1. The molecule has 5 nitrogen and oxygen atoms in total. The topological polar surface area (TPSA) is 35.8 Å². The van der Waals surface area contributed by atoms with Crippen LogP contribution in [0.15, 0.2) is 24.5 Å². The van der Waals surface area contributed by atoms with Gasteiger partial charge >= 0.3 is 0 Å². The van der Waals surface area contributed by atoms with Crippen LogP contribution in [0.5, 0.6) is 0 Å². The summed E-state index contributed by atoms with van der Waals surface area (Å²) in [6.45, 7) is 5.17. The van der Waals surface area contributed by atoms with Gasteiger partial charge < -0.3 is 14.6 Å². The van der Waals surface area contributed by atoms with Gasteiger partial charge in [0, 0.05) is 51.2 Å². The third-order valence-electron chi connectivity index (χ3n) is 4.13. The zero-order chi connectivity index (χ0) is 14.8. The molecular weight excluding hydrogens is 286 g/mol. The van der Waals surface area contributed by atoms with Crippen molar-refractivity contribution in [3.8, 4) is 0 Å². The van der Waals surface area contributed by atoms with Gasteiger partial charge in [-0.15, -0.1) is 0 Å². The van der Waals surface area contributed by atoms with Gasteiger partial charge in [0.1, 0.15) is 5.65 Å². The van der Waals surface area contributed by atoms with Crippen molar-refractivity contribution < 1.29 is 0 Å². The van der Waals surface area contributed by atoms with Gasteiger partial charge in [-0.3, -0.25) is 4.90 Å². The lowest BCUT2D eigenvalue weighted by atomic mass is 10.2. The van der Waals surface area contributed by atoms with E-state index in [2.05, 4.69) is 34.2 Å². The van der Waals surface area contributed by atoms with Gasteiger partial charge in [-0.2, -0.15) is 0 Å². The fourth-order valence-electron chi connectivity index (χ4n) is 2.79. The molecule has 114 valence electrons. The zero-order valence-electron chi connectivity index (χ0n) is 12.6. The number of nitrogens with one attached hydrogen (secondary N) is 1. The van der Waals surface area contributed by atoms with Crippen LogP contribution in [-0.4, -0.2) is 65.5 Å². The predicted molar refractivity (Wildman–Crippen MR) is 85.8 cm³/mol. The van der Waals surface area contributed by atoms with E-state index < -0.39 is 0 Å². The molecule has 1 aliphatic heterocycles. The minimum atomic E-state index is 0.565. The summed E-state index contributed by atoms with van der Waals surface area (Å²) in [5.74, 6) is 0. The number of imidazole rings is 1. The molecule has 3 heterocycles. The van der Waals surface area contributed by atoms with Crippen molar-refractivity contribution >= 4 is 17.2 Å². The van der Waals surface area contributed by atoms with Crippen molar-refractivity contribution in [1.82, 2.24) is 24.5 Å². The molecule has 1 N–H and O–H groups in total. The van der Waals surface area contributed by atoms with E-state index in [9.17, 15) is 0 Å². The van der Waals surface area contributed by atoms with Crippen LogP contribution >= 0.6 is 11.6 Å². The molecule has 21 heavy (non-hydrogen) atoms. The van der Waals surface area contributed by atoms with Crippen molar-refractivity contribution in [2.24, 2.45) is 0 Å². The number of halogens is 1. The molecule has 1 aliphatic rings. The smallest absolute Gasteiger partial charge is 0.137 e. The second kappa shape index (κ2) is 6.32. The average molecular weight is 308 g/mol. The number of piperazine rings is 1. The fourth-order valence-corrected chi connectivity index (χ4v) is 2.96. The SMILES string of the molecule is CN1CCN(C)C(CNCc2cn3cc(Cl)ccc3n2)C1. The first-order valence-electron chi connectivity index (χ1n) is 7.34. The standard InChI is InChI=1S/C15H22ClN5/c1-19-5-6-20(2)14(11-19)8-17-7-13-10-21-9-12(16)3-4-15(21)18-13/h3-4,9-10,14,17H,5-8,11H2,1-2H3. The molecule has 0 spiro atoms. The Labute approximate surface area is 130 Å². The monoisotopic (exact) mass is 307 g/mol. The van der Waals surface area contributed by atoms with E-state index >= 15 is 0 Å². The van der Waals surface area contributed by atoms with E-state index in [1.54, 1.807) is 0 Å². The molecule has 0 aromatic carbocycles. The van der Waals surface area contributed by atoms with Gasteiger partial charge in [0.05, 0.1) is 10.7 Å². The number of hydrogen-bond acceptors (Lipinski definition) is 4. The largest absolute Gasteiger partial charge is 0.309 e.